The van der Waals surface area contributed by atoms with E-state index in [2.05, 4.69) is 4.74 Å². The fraction of sp³-hybridized carbons (Fsp3) is 0.462. The molecule has 0 bridgehead atoms. The Bertz CT molecular complexity index is 327. The first kappa shape index (κ1) is 14.1. The molecule has 1 aromatic rings. The Labute approximate surface area is 105 Å². The summed E-state index contributed by atoms with van der Waals surface area (Å²) in [5.41, 5.74) is 0. The molecular formula is C13H18O3S. The lowest BCUT2D eigenvalue weighted by Crippen LogP contribution is -2.07. The number of hydrogen-bond acceptors (Lipinski definition) is 3. The summed E-state index contributed by atoms with van der Waals surface area (Å²) in [6, 6.07) is 9.46. The van der Waals surface area contributed by atoms with Gasteiger partial charge in [-0.05, 0) is 42.6 Å². The van der Waals surface area contributed by atoms with Crippen LogP contribution in [0.15, 0.2) is 35.2 Å². The summed E-state index contributed by atoms with van der Waals surface area (Å²) in [4.78, 5) is 11.7. The zero-order valence-corrected chi connectivity index (χ0v) is 10.9. The van der Waals surface area contributed by atoms with Crippen LogP contribution in [0.2, 0.25) is 0 Å². The van der Waals surface area contributed by atoms with Crippen molar-refractivity contribution in [2.45, 2.75) is 30.6 Å². The zero-order valence-electron chi connectivity index (χ0n) is 10.1. The SMILES string of the molecule is COC(=O)CCCCC[S+]([O-])c1ccccc1. The molecule has 1 atom stereocenters. The van der Waals surface area contributed by atoms with E-state index in [0.29, 0.717) is 12.2 Å². The van der Waals surface area contributed by atoms with Crippen LogP contribution in [0.25, 0.3) is 0 Å². The molecule has 0 heterocycles. The summed E-state index contributed by atoms with van der Waals surface area (Å²) in [5, 5.41) is 0. The molecule has 0 N–H and O–H groups in total. The quantitative estimate of drug-likeness (QED) is 0.427. The summed E-state index contributed by atoms with van der Waals surface area (Å²) >= 11 is -0.916. The van der Waals surface area contributed by atoms with Crippen LogP contribution in [0.1, 0.15) is 25.7 Å². The number of rotatable bonds is 7. The normalized spacial score (nSPS) is 12.1. The van der Waals surface area contributed by atoms with Gasteiger partial charge in [0, 0.05) is 6.42 Å². The van der Waals surface area contributed by atoms with Gasteiger partial charge in [-0.1, -0.05) is 18.2 Å². The van der Waals surface area contributed by atoms with Crippen LogP contribution in [0.3, 0.4) is 0 Å². The van der Waals surface area contributed by atoms with Crippen molar-refractivity contribution in [1.82, 2.24) is 0 Å². The number of esters is 1. The molecule has 4 heteroatoms. The highest BCUT2D eigenvalue weighted by Crippen LogP contribution is 2.12. The van der Waals surface area contributed by atoms with E-state index in [1.807, 2.05) is 30.3 Å². The van der Waals surface area contributed by atoms with Gasteiger partial charge >= 0.3 is 5.97 Å². The third-order valence-electron chi connectivity index (χ3n) is 2.44. The second kappa shape index (κ2) is 8.14. The van der Waals surface area contributed by atoms with E-state index in [9.17, 15) is 9.35 Å². The average Bonchev–Trinajstić information content (AvgIpc) is 2.38. The Morgan fingerprint density at radius 3 is 2.59 bits per heavy atom. The standard InChI is InChI=1S/C13H18O3S/c1-16-13(14)10-6-3-7-11-17(15)12-8-4-2-5-9-12/h2,4-5,8-9H,3,6-7,10-11H2,1H3. The van der Waals surface area contributed by atoms with Crippen molar-refractivity contribution in [1.29, 1.82) is 0 Å². The number of hydrogen-bond donors (Lipinski definition) is 0. The largest absolute Gasteiger partial charge is 0.611 e. The molecule has 1 aromatic carbocycles. The Balaban J connectivity index is 2.13. The molecule has 0 amide bonds. The van der Waals surface area contributed by atoms with Gasteiger partial charge in [0.15, 0.2) is 4.90 Å². The van der Waals surface area contributed by atoms with E-state index in [-0.39, 0.29) is 5.97 Å². The molecule has 0 fully saturated rings. The molecule has 94 valence electrons. The lowest BCUT2D eigenvalue weighted by atomic mass is 10.2. The van der Waals surface area contributed by atoms with Crippen LogP contribution in [0.5, 0.6) is 0 Å². The fourth-order valence-corrected chi connectivity index (χ4v) is 2.63. The van der Waals surface area contributed by atoms with Gasteiger partial charge < -0.3 is 9.29 Å². The molecule has 1 rings (SSSR count). The maximum absolute atomic E-state index is 11.8. The van der Waals surface area contributed by atoms with E-state index in [1.54, 1.807) is 0 Å². The Morgan fingerprint density at radius 2 is 1.94 bits per heavy atom. The average molecular weight is 254 g/mol. The summed E-state index contributed by atoms with van der Waals surface area (Å²) < 4.78 is 16.4. The van der Waals surface area contributed by atoms with Gasteiger partial charge in [0.1, 0.15) is 5.75 Å². The fourth-order valence-electron chi connectivity index (χ4n) is 1.47. The molecule has 0 saturated heterocycles. The maximum Gasteiger partial charge on any atom is 0.305 e. The van der Waals surface area contributed by atoms with E-state index in [4.69, 9.17) is 0 Å². The maximum atomic E-state index is 11.8. The first-order chi connectivity index (χ1) is 8.24. The number of ether oxygens (including phenoxy) is 1. The molecule has 3 nitrogen and oxygen atoms in total. The minimum atomic E-state index is -0.916. The van der Waals surface area contributed by atoms with Crippen LogP contribution < -0.4 is 0 Å². The lowest BCUT2D eigenvalue weighted by Gasteiger charge is -2.09. The second-order valence-corrected chi connectivity index (χ2v) is 5.32. The van der Waals surface area contributed by atoms with Crippen molar-refractivity contribution >= 4 is 17.1 Å². The van der Waals surface area contributed by atoms with Crippen LogP contribution in [-0.4, -0.2) is 23.4 Å². The first-order valence-electron chi connectivity index (χ1n) is 5.74. The van der Waals surface area contributed by atoms with Gasteiger partial charge in [0.05, 0.1) is 7.11 Å². The number of benzene rings is 1. The lowest BCUT2D eigenvalue weighted by molar-refractivity contribution is -0.140. The van der Waals surface area contributed by atoms with Gasteiger partial charge in [0.2, 0.25) is 0 Å². The number of unbranched alkanes of at least 4 members (excludes halogenated alkanes) is 2. The van der Waals surface area contributed by atoms with Gasteiger partial charge in [-0.3, -0.25) is 4.79 Å². The highest BCUT2D eigenvalue weighted by atomic mass is 32.2. The monoisotopic (exact) mass is 254 g/mol. The molecule has 0 radical (unpaired) electrons. The molecule has 0 spiro atoms. The number of methoxy groups -OCH3 is 1. The Hall–Kier alpha value is -1.00. The van der Waals surface area contributed by atoms with Crippen LogP contribution in [0, 0.1) is 0 Å². The summed E-state index contributed by atoms with van der Waals surface area (Å²) in [5.74, 6) is 0.486. The van der Waals surface area contributed by atoms with Gasteiger partial charge in [-0.25, -0.2) is 0 Å². The third-order valence-corrected chi connectivity index (χ3v) is 3.90. The molecule has 0 aliphatic rings. The van der Waals surface area contributed by atoms with Crippen molar-refractivity contribution in [2.75, 3.05) is 12.9 Å². The Kier molecular flexibility index (Phi) is 6.74. The van der Waals surface area contributed by atoms with Crippen molar-refractivity contribution in [3.8, 4) is 0 Å². The van der Waals surface area contributed by atoms with Gasteiger partial charge in [-0.15, -0.1) is 0 Å². The highest BCUT2D eigenvalue weighted by molar-refractivity contribution is 7.91. The predicted octanol–water partition coefficient (Wildman–Crippen LogP) is 2.53. The predicted molar refractivity (Wildman–Crippen MR) is 68.2 cm³/mol. The molecular weight excluding hydrogens is 236 g/mol. The molecule has 0 aromatic heterocycles. The van der Waals surface area contributed by atoms with Gasteiger partial charge in [0.25, 0.3) is 0 Å². The topological polar surface area (TPSA) is 49.4 Å². The molecule has 0 aliphatic carbocycles. The third kappa shape index (κ3) is 5.75. The van der Waals surface area contributed by atoms with E-state index in [0.717, 1.165) is 24.2 Å². The Morgan fingerprint density at radius 1 is 1.24 bits per heavy atom. The van der Waals surface area contributed by atoms with Crippen molar-refractivity contribution < 1.29 is 14.1 Å². The molecule has 17 heavy (non-hydrogen) atoms. The van der Waals surface area contributed by atoms with Crippen LogP contribution in [0.4, 0.5) is 0 Å². The minimum absolute atomic E-state index is 0.172. The van der Waals surface area contributed by atoms with Crippen molar-refractivity contribution in [3.63, 3.8) is 0 Å². The first-order valence-corrected chi connectivity index (χ1v) is 7.06. The van der Waals surface area contributed by atoms with E-state index in [1.165, 1.54) is 7.11 Å². The molecule has 0 aliphatic heterocycles. The zero-order chi connectivity index (χ0) is 12.5. The number of carbonyl (C=O) groups excluding carboxylic acids is 1. The molecule has 1 unspecified atom stereocenters. The molecule has 0 saturated carbocycles. The van der Waals surface area contributed by atoms with Crippen LogP contribution in [-0.2, 0) is 20.7 Å². The van der Waals surface area contributed by atoms with Crippen LogP contribution >= 0.6 is 0 Å². The summed E-state index contributed by atoms with van der Waals surface area (Å²) in [6.07, 6.45) is 3.04. The second-order valence-electron chi connectivity index (χ2n) is 3.75. The van der Waals surface area contributed by atoms with Crippen molar-refractivity contribution in [2.24, 2.45) is 0 Å². The van der Waals surface area contributed by atoms with E-state index >= 15 is 0 Å². The highest BCUT2D eigenvalue weighted by Gasteiger charge is 2.09. The minimum Gasteiger partial charge on any atom is -0.611 e. The van der Waals surface area contributed by atoms with Crippen molar-refractivity contribution in [3.05, 3.63) is 30.3 Å². The summed E-state index contributed by atoms with van der Waals surface area (Å²) in [6.45, 7) is 0. The summed E-state index contributed by atoms with van der Waals surface area (Å²) in [7, 11) is 1.40. The number of carbonyl (C=O) groups is 1. The smallest absolute Gasteiger partial charge is 0.305 e. The van der Waals surface area contributed by atoms with Gasteiger partial charge in [-0.2, -0.15) is 0 Å². The van der Waals surface area contributed by atoms with E-state index < -0.39 is 11.2 Å².